The molecule has 0 fully saturated rings. The fourth-order valence-electron chi connectivity index (χ4n) is 5.33. The summed E-state index contributed by atoms with van der Waals surface area (Å²) < 4.78 is 2.08. The van der Waals surface area contributed by atoms with E-state index in [9.17, 15) is 0 Å². The van der Waals surface area contributed by atoms with Gasteiger partial charge in [-0.3, -0.25) is 4.57 Å². The van der Waals surface area contributed by atoms with Crippen LogP contribution >= 0.6 is 0 Å². The molecule has 0 amide bonds. The number of aromatic nitrogens is 7. The lowest BCUT2D eigenvalue weighted by Crippen LogP contribution is -2.09. The van der Waals surface area contributed by atoms with E-state index in [0.717, 1.165) is 38.5 Å². The molecule has 0 aliphatic carbocycles. The number of fused-ring (bicyclic) bond motifs is 3. The molecule has 0 atom stereocenters. The van der Waals surface area contributed by atoms with Gasteiger partial charge in [-0.05, 0) is 12.1 Å². The molecule has 0 radical (unpaired) electrons. The second kappa shape index (κ2) is 10.4. The van der Waals surface area contributed by atoms with Crippen LogP contribution in [-0.2, 0) is 0 Å². The maximum Gasteiger partial charge on any atom is 0.238 e. The predicted molar refractivity (Wildman–Crippen MR) is 169 cm³/mol. The quantitative estimate of drug-likeness (QED) is 0.216. The number of hydrogen-bond donors (Lipinski definition) is 0. The van der Waals surface area contributed by atoms with Crippen molar-refractivity contribution in [1.29, 1.82) is 0 Å². The minimum Gasteiger partial charge on any atom is -0.278 e. The molecule has 7 heteroatoms. The van der Waals surface area contributed by atoms with Gasteiger partial charge in [0.25, 0.3) is 0 Å². The molecule has 0 bridgehead atoms. The third kappa shape index (κ3) is 4.49. The highest BCUT2D eigenvalue weighted by molar-refractivity contribution is 6.08. The van der Waals surface area contributed by atoms with Crippen LogP contribution in [0.25, 0.3) is 73.6 Å². The van der Waals surface area contributed by atoms with Gasteiger partial charge < -0.3 is 0 Å². The van der Waals surface area contributed by atoms with Crippen molar-refractivity contribution in [3.05, 3.63) is 140 Å². The van der Waals surface area contributed by atoms with Crippen molar-refractivity contribution < 1.29 is 0 Å². The first-order valence-corrected chi connectivity index (χ1v) is 14.0. The zero-order valence-electron chi connectivity index (χ0n) is 22.9. The summed E-state index contributed by atoms with van der Waals surface area (Å²) in [5, 5.41) is 2.25. The number of benzene rings is 5. The average Bonchev–Trinajstić information content (AvgIpc) is 3.43. The molecule has 8 rings (SSSR count). The molecule has 8 aromatic rings. The number of nitrogens with zero attached hydrogens (tertiary/aromatic N) is 7. The Balaban J connectivity index is 1.42. The maximum absolute atomic E-state index is 5.03. The van der Waals surface area contributed by atoms with E-state index < -0.39 is 0 Å². The summed E-state index contributed by atoms with van der Waals surface area (Å²) in [4.78, 5) is 29.6. The topological polar surface area (TPSA) is 82.3 Å². The molecule has 3 heterocycles. The number of hydrogen-bond acceptors (Lipinski definition) is 6. The summed E-state index contributed by atoms with van der Waals surface area (Å²) in [5.74, 6) is 2.85. The fraction of sp³-hybridized carbons (Fsp3) is 0. The van der Waals surface area contributed by atoms with Crippen LogP contribution in [0.2, 0.25) is 0 Å². The van der Waals surface area contributed by atoms with Crippen LogP contribution in [0.5, 0.6) is 0 Å². The van der Waals surface area contributed by atoms with E-state index in [-0.39, 0.29) is 0 Å². The van der Waals surface area contributed by atoms with E-state index in [0.29, 0.717) is 35.1 Å². The van der Waals surface area contributed by atoms with Crippen molar-refractivity contribution in [3.8, 4) is 51.8 Å². The van der Waals surface area contributed by atoms with Crippen molar-refractivity contribution in [3.63, 3.8) is 0 Å². The van der Waals surface area contributed by atoms with Crippen LogP contribution in [0.4, 0.5) is 0 Å². The minimum atomic E-state index is 0.363. The molecule has 7 nitrogen and oxygen atoms in total. The van der Waals surface area contributed by atoms with Crippen LogP contribution in [0.1, 0.15) is 0 Å². The zero-order chi connectivity index (χ0) is 28.6. The molecule has 0 N–H and O–H groups in total. The number of para-hydroxylation sites is 2. The fourth-order valence-corrected chi connectivity index (χ4v) is 5.33. The van der Waals surface area contributed by atoms with Crippen molar-refractivity contribution >= 4 is 21.8 Å². The number of rotatable bonds is 5. The van der Waals surface area contributed by atoms with Gasteiger partial charge in [-0.25, -0.2) is 19.9 Å². The van der Waals surface area contributed by atoms with Gasteiger partial charge in [-0.2, -0.15) is 9.97 Å². The van der Waals surface area contributed by atoms with Crippen molar-refractivity contribution in [2.75, 3.05) is 0 Å². The van der Waals surface area contributed by atoms with E-state index in [4.69, 9.17) is 29.9 Å². The molecule has 202 valence electrons. The van der Waals surface area contributed by atoms with Crippen LogP contribution in [0.3, 0.4) is 0 Å². The normalized spacial score (nSPS) is 11.3. The third-order valence-electron chi connectivity index (χ3n) is 7.34. The highest BCUT2D eigenvalue weighted by atomic mass is 15.2. The first kappa shape index (κ1) is 24.7. The Morgan fingerprint density at radius 3 is 1.09 bits per heavy atom. The van der Waals surface area contributed by atoms with Gasteiger partial charge in [-0.15, -0.1) is 0 Å². The Morgan fingerprint density at radius 1 is 0.302 bits per heavy atom. The molecular weight excluding hydrogens is 530 g/mol. The summed E-state index contributed by atoms with van der Waals surface area (Å²) in [6, 6.07) is 46.3. The van der Waals surface area contributed by atoms with Gasteiger partial charge in [0.1, 0.15) is 0 Å². The Bertz CT molecular complexity index is 2120. The minimum absolute atomic E-state index is 0.363. The van der Waals surface area contributed by atoms with Gasteiger partial charge in [0.2, 0.25) is 17.6 Å². The maximum atomic E-state index is 5.03. The smallest absolute Gasteiger partial charge is 0.238 e. The molecule has 5 aromatic carbocycles. The molecule has 0 unspecified atom stereocenters. The van der Waals surface area contributed by atoms with Crippen LogP contribution in [0.15, 0.2) is 140 Å². The summed E-state index contributed by atoms with van der Waals surface area (Å²) in [6.07, 6.45) is 0. The van der Waals surface area contributed by atoms with Gasteiger partial charge in [0.15, 0.2) is 17.5 Å². The van der Waals surface area contributed by atoms with Crippen molar-refractivity contribution in [2.45, 2.75) is 0 Å². The molecule has 0 spiro atoms. The second-order valence-corrected chi connectivity index (χ2v) is 10.1. The molecular formula is C36H23N7. The summed E-state index contributed by atoms with van der Waals surface area (Å²) in [6.45, 7) is 0. The van der Waals surface area contributed by atoms with E-state index >= 15 is 0 Å². The predicted octanol–water partition coefficient (Wildman–Crippen LogP) is 7.82. The lowest BCUT2D eigenvalue weighted by atomic mass is 10.2. The first-order valence-electron chi connectivity index (χ1n) is 14.0. The molecule has 43 heavy (non-hydrogen) atoms. The zero-order valence-corrected chi connectivity index (χ0v) is 22.9. The van der Waals surface area contributed by atoms with Gasteiger partial charge in [0, 0.05) is 27.5 Å². The lowest BCUT2D eigenvalue weighted by Gasteiger charge is -2.11. The monoisotopic (exact) mass is 553 g/mol. The lowest BCUT2D eigenvalue weighted by molar-refractivity contribution is 0.934. The summed E-state index contributed by atoms with van der Waals surface area (Å²) >= 11 is 0. The Hall–Kier alpha value is -6.08. The van der Waals surface area contributed by atoms with E-state index in [2.05, 4.69) is 28.8 Å². The largest absolute Gasteiger partial charge is 0.278 e. The van der Waals surface area contributed by atoms with E-state index in [1.165, 1.54) is 0 Å². The first-order chi connectivity index (χ1) is 21.3. The molecule has 0 aliphatic rings. The Morgan fingerprint density at radius 2 is 0.628 bits per heavy atom. The van der Waals surface area contributed by atoms with Gasteiger partial charge >= 0.3 is 0 Å². The molecule has 0 saturated heterocycles. The average molecular weight is 554 g/mol. The van der Waals surface area contributed by atoms with Crippen LogP contribution in [-0.4, -0.2) is 34.5 Å². The highest BCUT2D eigenvalue weighted by Crippen LogP contribution is 2.32. The van der Waals surface area contributed by atoms with E-state index in [1.54, 1.807) is 0 Å². The molecule has 0 aliphatic heterocycles. The van der Waals surface area contributed by atoms with Crippen LogP contribution < -0.4 is 0 Å². The SMILES string of the molecule is c1ccc(-c2nc(-c3ccccc3)nc(-c3nc(-c4ccccc4)nc(-n4c5ccccc5c5ccccc54)n3)n2)cc1. The summed E-state index contributed by atoms with van der Waals surface area (Å²) in [5.41, 5.74) is 4.64. The molecule has 3 aromatic heterocycles. The highest BCUT2D eigenvalue weighted by Gasteiger charge is 2.20. The van der Waals surface area contributed by atoms with Crippen LogP contribution in [0, 0.1) is 0 Å². The van der Waals surface area contributed by atoms with E-state index in [1.807, 2.05) is 115 Å². The third-order valence-corrected chi connectivity index (χ3v) is 7.34. The Labute approximate surface area is 247 Å². The van der Waals surface area contributed by atoms with Gasteiger partial charge in [-0.1, -0.05) is 127 Å². The molecule has 0 saturated carbocycles. The summed E-state index contributed by atoms with van der Waals surface area (Å²) in [7, 11) is 0. The second-order valence-electron chi connectivity index (χ2n) is 10.1. The standard InChI is InChI=1S/C36H23N7/c1-4-14-24(15-5-1)31-37-32(25-16-6-2-7-17-25)39-34(38-31)35-40-33(26-18-8-3-9-19-26)41-36(42-35)43-29-22-12-10-20-27(29)28-21-11-13-23-30(28)43/h1-23H. The van der Waals surface area contributed by atoms with Gasteiger partial charge in [0.05, 0.1) is 11.0 Å². The van der Waals surface area contributed by atoms with Crippen molar-refractivity contribution in [2.24, 2.45) is 0 Å². The van der Waals surface area contributed by atoms with Crippen molar-refractivity contribution in [1.82, 2.24) is 34.5 Å². The Kier molecular flexibility index (Phi) is 5.97.